The monoisotopic (exact) mass is 333 g/mol. The van der Waals surface area contributed by atoms with Gasteiger partial charge >= 0.3 is 5.97 Å². The van der Waals surface area contributed by atoms with Crippen molar-refractivity contribution in [2.45, 2.75) is 0 Å². The van der Waals surface area contributed by atoms with Crippen molar-refractivity contribution in [3.63, 3.8) is 0 Å². The van der Waals surface area contributed by atoms with Crippen molar-refractivity contribution in [1.29, 1.82) is 0 Å². The second kappa shape index (κ2) is 7.40. The Kier molecular flexibility index (Phi) is 4.85. The number of benzene rings is 2. The van der Waals surface area contributed by atoms with Crippen molar-refractivity contribution in [3.8, 4) is 11.5 Å². The number of pyridine rings is 1. The summed E-state index contributed by atoms with van der Waals surface area (Å²) in [7, 11) is 1.50. The fourth-order valence-electron chi connectivity index (χ4n) is 2.29. The van der Waals surface area contributed by atoms with E-state index in [9.17, 15) is 9.59 Å². The van der Waals surface area contributed by atoms with E-state index in [-0.39, 0.29) is 17.1 Å². The Bertz CT molecular complexity index is 892. The highest BCUT2D eigenvalue weighted by molar-refractivity contribution is 6.11. The molecule has 5 nitrogen and oxygen atoms in total. The molecule has 0 spiro atoms. The van der Waals surface area contributed by atoms with Gasteiger partial charge < -0.3 is 9.47 Å². The van der Waals surface area contributed by atoms with E-state index in [1.54, 1.807) is 54.7 Å². The zero-order valence-corrected chi connectivity index (χ0v) is 13.5. The number of hydrogen-bond acceptors (Lipinski definition) is 5. The number of carbonyl (C=O) groups excluding carboxylic acids is 2. The van der Waals surface area contributed by atoms with Crippen LogP contribution in [-0.2, 0) is 0 Å². The van der Waals surface area contributed by atoms with Crippen molar-refractivity contribution in [3.05, 3.63) is 89.7 Å². The lowest BCUT2D eigenvalue weighted by Gasteiger charge is -2.11. The normalized spacial score (nSPS) is 10.1. The van der Waals surface area contributed by atoms with Crippen LogP contribution in [0.2, 0.25) is 0 Å². The van der Waals surface area contributed by atoms with Crippen LogP contribution in [-0.4, -0.2) is 23.8 Å². The zero-order valence-electron chi connectivity index (χ0n) is 13.5. The van der Waals surface area contributed by atoms with Gasteiger partial charge in [0.25, 0.3) is 0 Å². The molecule has 0 aliphatic rings. The Hall–Kier alpha value is -3.47. The Labute approximate surface area is 144 Å². The van der Waals surface area contributed by atoms with Gasteiger partial charge in [0.1, 0.15) is 11.5 Å². The Morgan fingerprint density at radius 2 is 1.68 bits per heavy atom. The van der Waals surface area contributed by atoms with Crippen LogP contribution >= 0.6 is 0 Å². The standard InChI is InChI=1S/C20H15NO4/c1-24-16-9-10-17(19(22)14-6-3-2-4-7-14)18(12-16)25-20(23)15-8-5-11-21-13-15/h2-13H,1H3. The van der Waals surface area contributed by atoms with Gasteiger partial charge in [0.05, 0.1) is 18.2 Å². The predicted molar refractivity (Wildman–Crippen MR) is 92.1 cm³/mol. The highest BCUT2D eigenvalue weighted by Crippen LogP contribution is 2.27. The molecule has 25 heavy (non-hydrogen) atoms. The third-order valence-corrected chi connectivity index (χ3v) is 3.57. The molecule has 0 unspecified atom stereocenters. The fraction of sp³-hybridized carbons (Fsp3) is 0.0500. The van der Waals surface area contributed by atoms with E-state index in [4.69, 9.17) is 9.47 Å². The molecule has 3 rings (SSSR count). The minimum Gasteiger partial charge on any atom is -0.497 e. The molecule has 0 N–H and O–H groups in total. The zero-order chi connectivity index (χ0) is 17.6. The molecule has 0 saturated heterocycles. The van der Waals surface area contributed by atoms with E-state index in [2.05, 4.69) is 4.98 Å². The molecule has 0 fully saturated rings. The highest BCUT2D eigenvalue weighted by atomic mass is 16.5. The second-order valence-electron chi connectivity index (χ2n) is 5.19. The number of carbonyl (C=O) groups is 2. The number of aromatic nitrogens is 1. The molecule has 124 valence electrons. The van der Waals surface area contributed by atoms with E-state index >= 15 is 0 Å². The number of nitrogens with zero attached hydrogens (tertiary/aromatic N) is 1. The quantitative estimate of drug-likeness (QED) is 0.406. The first-order valence-corrected chi connectivity index (χ1v) is 7.59. The number of hydrogen-bond donors (Lipinski definition) is 0. The largest absolute Gasteiger partial charge is 0.497 e. The lowest BCUT2D eigenvalue weighted by molar-refractivity contribution is 0.0732. The number of methoxy groups -OCH3 is 1. The Morgan fingerprint density at radius 1 is 0.920 bits per heavy atom. The number of rotatable bonds is 5. The molecule has 2 aromatic carbocycles. The summed E-state index contributed by atoms with van der Waals surface area (Å²) in [6, 6.07) is 16.8. The molecular weight excluding hydrogens is 318 g/mol. The average molecular weight is 333 g/mol. The Morgan fingerprint density at radius 3 is 2.36 bits per heavy atom. The van der Waals surface area contributed by atoms with Gasteiger partial charge in [-0.15, -0.1) is 0 Å². The minimum atomic E-state index is -0.594. The highest BCUT2D eigenvalue weighted by Gasteiger charge is 2.19. The SMILES string of the molecule is COc1ccc(C(=O)c2ccccc2)c(OC(=O)c2cccnc2)c1. The van der Waals surface area contributed by atoms with Gasteiger partial charge in [0.2, 0.25) is 0 Å². The molecule has 1 aromatic heterocycles. The van der Waals surface area contributed by atoms with Crippen molar-refractivity contribution in [2.75, 3.05) is 7.11 Å². The van der Waals surface area contributed by atoms with Crippen LogP contribution in [0, 0.1) is 0 Å². The Balaban J connectivity index is 1.97. The summed E-state index contributed by atoms with van der Waals surface area (Å²) in [5.74, 6) is -0.207. The summed E-state index contributed by atoms with van der Waals surface area (Å²) in [6.45, 7) is 0. The number of ether oxygens (including phenoxy) is 2. The van der Waals surface area contributed by atoms with Crippen molar-refractivity contribution < 1.29 is 19.1 Å². The van der Waals surface area contributed by atoms with Crippen molar-refractivity contribution in [1.82, 2.24) is 4.98 Å². The maximum atomic E-state index is 12.7. The molecule has 0 atom stereocenters. The van der Waals surface area contributed by atoms with E-state index in [1.807, 2.05) is 6.07 Å². The van der Waals surface area contributed by atoms with Gasteiger partial charge in [-0.05, 0) is 24.3 Å². The fourth-order valence-corrected chi connectivity index (χ4v) is 2.29. The average Bonchev–Trinajstić information content (AvgIpc) is 2.68. The number of esters is 1. The van der Waals surface area contributed by atoms with Crippen LogP contribution in [0.1, 0.15) is 26.3 Å². The summed E-state index contributed by atoms with van der Waals surface area (Å²) in [6.07, 6.45) is 2.97. The van der Waals surface area contributed by atoms with E-state index < -0.39 is 5.97 Å². The lowest BCUT2D eigenvalue weighted by Crippen LogP contribution is -2.12. The summed E-state index contributed by atoms with van der Waals surface area (Å²) in [5.41, 5.74) is 1.08. The van der Waals surface area contributed by atoms with Crippen LogP contribution in [0.5, 0.6) is 11.5 Å². The first kappa shape index (κ1) is 16.4. The molecule has 0 saturated carbocycles. The van der Waals surface area contributed by atoms with Crippen molar-refractivity contribution >= 4 is 11.8 Å². The molecular formula is C20H15NO4. The second-order valence-corrected chi connectivity index (χ2v) is 5.19. The predicted octanol–water partition coefficient (Wildman–Crippen LogP) is 3.54. The van der Waals surface area contributed by atoms with Crippen LogP contribution in [0.15, 0.2) is 73.1 Å². The van der Waals surface area contributed by atoms with Gasteiger partial charge in [0, 0.05) is 24.0 Å². The molecule has 3 aromatic rings. The van der Waals surface area contributed by atoms with E-state index in [1.165, 1.54) is 19.4 Å². The summed E-state index contributed by atoms with van der Waals surface area (Å²) < 4.78 is 10.6. The van der Waals surface area contributed by atoms with Gasteiger partial charge in [-0.2, -0.15) is 0 Å². The van der Waals surface area contributed by atoms with Crippen LogP contribution in [0.4, 0.5) is 0 Å². The third-order valence-electron chi connectivity index (χ3n) is 3.57. The molecule has 5 heteroatoms. The number of ketones is 1. The molecule has 0 amide bonds. The first-order valence-electron chi connectivity index (χ1n) is 7.59. The van der Waals surface area contributed by atoms with Crippen LogP contribution in [0.25, 0.3) is 0 Å². The van der Waals surface area contributed by atoms with E-state index in [0.29, 0.717) is 16.9 Å². The molecule has 0 radical (unpaired) electrons. The third kappa shape index (κ3) is 3.72. The minimum absolute atomic E-state index is 0.141. The molecule has 0 bridgehead atoms. The first-order chi connectivity index (χ1) is 12.2. The molecule has 0 aliphatic heterocycles. The summed E-state index contributed by atoms with van der Waals surface area (Å²) >= 11 is 0. The van der Waals surface area contributed by atoms with E-state index in [0.717, 1.165) is 0 Å². The van der Waals surface area contributed by atoms with Gasteiger partial charge in [0.15, 0.2) is 5.78 Å². The lowest BCUT2D eigenvalue weighted by atomic mass is 10.0. The van der Waals surface area contributed by atoms with Gasteiger partial charge in [-0.25, -0.2) is 4.79 Å². The molecule has 0 aliphatic carbocycles. The summed E-state index contributed by atoms with van der Waals surface area (Å²) in [5, 5.41) is 0. The van der Waals surface area contributed by atoms with Crippen LogP contribution < -0.4 is 9.47 Å². The van der Waals surface area contributed by atoms with Gasteiger partial charge in [-0.1, -0.05) is 30.3 Å². The van der Waals surface area contributed by atoms with Gasteiger partial charge in [-0.3, -0.25) is 9.78 Å². The van der Waals surface area contributed by atoms with Crippen LogP contribution in [0.3, 0.4) is 0 Å². The molecule has 1 heterocycles. The smallest absolute Gasteiger partial charge is 0.345 e. The van der Waals surface area contributed by atoms with Crippen molar-refractivity contribution in [2.24, 2.45) is 0 Å². The topological polar surface area (TPSA) is 65.5 Å². The maximum absolute atomic E-state index is 12.7. The maximum Gasteiger partial charge on any atom is 0.345 e. The summed E-state index contributed by atoms with van der Waals surface area (Å²) in [4.78, 5) is 28.9.